The lowest BCUT2D eigenvalue weighted by atomic mass is 10.2. The van der Waals surface area contributed by atoms with E-state index in [1.165, 1.54) is 6.07 Å². The average molecular weight is 190 g/mol. The Bertz CT molecular complexity index is 316. The Hall–Kier alpha value is -1.16. The van der Waals surface area contributed by atoms with Crippen molar-refractivity contribution >= 4 is 17.3 Å². The fraction of sp³-hybridized carbons (Fsp3) is 0.143. The summed E-state index contributed by atoms with van der Waals surface area (Å²) in [5, 5.41) is 10.3. The minimum Gasteiger partial charge on any atom is -0.258 e. The molecular weight excluding hydrogens is 185 g/mol. The fourth-order valence-electron chi connectivity index (χ4n) is 0.820. The number of halogens is 2. The molecule has 0 saturated carbocycles. The molecule has 0 aliphatic heterocycles. The summed E-state index contributed by atoms with van der Waals surface area (Å²) in [4.78, 5) is 9.66. The van der Waals surface area contributed by atoms with Gasteiger partial charge in [0.2, 0.25) is 0 Å². The van der Waals surface area contributed by atoms with Gasteiger partial charge in [0.15, 0.2) is 0 Å². The number of hydrogen-bond acceptors (Lipinski definition) is 2. The summed E-state index contributed by atoms with van der Waals surface area (Å²) >= 11 is 5.40. The zero-order valence-electron chi connectivity index (χ0n) is 5.96. The van der Waals surface area contributed by atoms with Crippen molar-refractivity contribution in [3.8, 4) is 0 Å². The molecule has 64 valence electrons. The zero-order chi connectivity index (χ0) is 9.14. The summed E-state index contributed by atoms with van der Waals surface area (Å²) in [6, 6.07) is 3.31. The SMILES string of the molecule is O=[N+]([O-])c1cc(F)ccc1CCl. The van der Waals surface area contributed by atoms with Gasteiger partial charge in [0, 0.05) is 5.56 Å². The van der Waals surface area contributed by atoms with Gasteiger partial charge < -0.3 is 0 Å². The van der Waals surface area contributed by atoms with Crippen molar-refractivity contribution in [1.29, 1.82) is 0 Å². The van der Waals surface area contributed by atoms with Crippen LogP contribution in [-0.2, 0) is 5.88 Å². The number of nitro groups is 1. The molecule has 0 unspecified atom stereocenters. The maximum Gasteiger partial charge on any atom is 0.276 e. The van der Waals surface area contributed by atoms with E-state index in [0.29, 0.717) is 5.56 Å². The Morgan fingerprint density at radius 2 is 2.25 bits per heavy atom. The van der Waals surface area contributed by atoms with Gasteiger partial charge >= 0.3 is 0 Å². The highest BCUT2D eigenvalue weighted by molar-refractivity contribution is 6.17. The molecule has 0 bridgehead atoms. The van der Waals surface area contributed by atoms with Crippen LogP contribution in [0.1, 0.15) is 5.56 Å². The second kappa shape index (κ2) is 3.49. The second-order valence-electron chi connectivity index (χ2n) is 2.16. The Morgan fingerprint density at radius 1 is 1.58 bits per heavy atom. The highest BCUT2D eigenvalue weighted by Gasteiger charge is 2.13. The van der Waals surface area contributed by atoms with Gasteiger partial charge in [-0.15, -0.1) is 11.6 Å². The van der Waals surface area contributed by atoms with E-state index in [1.54, 1.807) is 0 Å². The van der Waals surface area contributed by atoms with E-state index in [-0.39, 0.29) is 11.6 Å². The van der Waals surface area contributed by atoms with Gasteiger partial charge in [-0.2, -0.15) is 0 Å². The molecule has 0 aromatic heterocycles. The standard InChI is InChI=1S/C7H5ClFNO2/c8-4-5-1-2-6(9)3-7(5)10(11)12/h1-3H,4H2. The van der Waals surface area contributed by atoms with Crippen molar-refractivity contribution < 1.29 is 9.31 Å². The molecule has 0 aliphatic rings. The third-order valence-corrected chi connectivity index (χ3v) is 1.68. The molecule has 5 heteroatoms. The molecule has 0 atom stereocenters. The van der Waals surface area contributed by atoms with Gasteiger partial charge in [-0.05, 0) is 12.1 Å². The van der Waals surface area contributed by atoms with E-state index in [0.717, 1.165) is 12.1 Å². The van der Waals surface area contributed by atoms with Crippen LogP contribution >= 0.6 is 11.6 Å². The van der Waals surface area contributed by atoms with Crippen molar-refractivity contribution in [2.45, 2.75) is 5.88 Å². The summed E-state index contributed by atoms with van der Waals surface area (Å²) < 4.78 is 12.5. The Kier molecular flexibility index (Phi) is 2.60. The van der Waals surface area contributed by atoms with E-state index in [4.69, 9.17) is 11.6 Å². The van der Waals surface area contributed by atoms with Crippen LogP contribution in [0.2, 0.25) is 0 Å². The topological polar surface area (TPSA) is 43.1 Å². The molecule has 3 nitrogen and oxygen atoms in total. The first-order valence-electron chi connectivity index (χ1n) is 3.14. The Balaban J connectivity index is 3.21. The van der Waals surface area contributed by atoms with Gasteiger partial charge in [0.1, 0.15) is 5.82 Å². The average Bonchev–Trinajstić information content (AvgIpc) is 2.04. The van der Waals surface area contributed by atoms with E-state index in [9.17, 15) is 14.5 Å². The van der Waals surface area contributed by atoms with Crippen LogP contribution in [0.15, 0.2) is 18.2 Å². The molecule has 0 aliphatic carbocycles. The molecule has 12 heavy (non-hydrogen) atoms. The Morgan fingerprint density at radius 3 is 2.75 bits per heavy atom. The highest BCUT2D eigenvalue weighted by Crippen LogP contribution is 2.20. The predicted octanol–water partition coefficient (Wildman–Crippen LogP) is 2.47. The summed E-state index contributed by atoms with van der Waals surface area (Å²) in [5.74, 6) is -0.619. The van der Waals surface area contributed by atoms with E-state index < -0.39 is 10.7 Å². The largest absolute Gasteiger partial charge is 0.276 e. The number of rotatable bonds is 2. The van der Waals surface area contributed by atoms with Crippen LogP contribution in [-0.4, -0.2) is 4.92 Å². The minimum absolute atomic E-state index is 0.0105. The molecular formula is C7H5ClFNO2. The smallest absolute Gasteiger partial charge is 0.258 e. The van der Waals surface area contributed by atoms with Crippen LogP contribution in [0.5, 0.6) is 0 Å². The van der Waals surface area contributed by atoms with Crippen molar-refractivity contribution in [3.63, 3.8) is 0 Å². The van der Waals surface area contributed by atoms with E-state index in [2.05, 4.69) is 0 Å². The first kappa shape index (κ1) is 8.93. The van der Waals surface area contributed by atoms with Gasteiger partial charge in [0.05, 0.1) is 16.9 Å². The summed E-state index contributed by atoms with van der Waals surface area (Å²) in [6.45, 7) is 0. The lowest BCUT2D eigenvalue weighted by molar-refractivity contribution is -0.385. The summed E-state index contributed by atoms with van der Waals surface area (Å²) in [5.41, 5.74) is 0.0491. The first-order chi connectivity index (χ1) is 5.65. The monoisotopic (exact) mass is 189 g/mol. The van der Waals surface area contributed by atoms with Crippen molar-refractivity contribution in [3.05, 3.63) is 39.7 Å². The third-order valence-electron chi connectivity index (χ3n) is 1.39. The number of hydrogen-bond donors (Lipinski definition) is 0. The van der Waals surface area contributed by atoms with E-state index >= 15 is 0 Å². The molecule has 0 amide bonds. The predicted molar refractivity (Wildman–Crippen MR) is 42.6 cm³/mol. The third kappa shape index (κ3) is 1.71. The van der Waals surface area contributed by atoms with Gasteiger partial charge in [-0.1, -0.05) is 0 Å². The molecule has 0 saturated heterocycles. The normalized spacial score (nSPS) is 9.83. The molecule has 0 N–H and O–H groups in total. The second-order valence-corrected chi connectivity index (χ2v) is 2.43. The van der Waals surface area contributed by atoms with E-state index in [1.807, 2.05) is 0 Å². The fourth-order valence-corrected chi connectivity index (χ4v) is 1.05. The van der Waals surface area contributed by atoms with Gasteiger partial charge in [-0.3, -0.25) is 10.1 Å². The maximum absolute atomic E-state index is 12.5. The molecule has 1 aromatic carbocycles. The summed E-state index contributed by atoms with van der Waals surface area (Å²) in [7, 11) is 0. The maximum atomic E-state index is 12.5. The minimum atomic E-state index is -0.652. The van der Waals surface area contributed by atoms with Crippen molar-refractivity contribution in [2.24, 2.45) is 0 Å². The van der Waals surface area contributed by atoms with Gasteiger partial charge in [0.25, 0.3) is 5.69 Å². The summed E-state index contributed by atoms with van der Waals surface area (Å²) in [6.07, 6.45) is 0. The lowest BCUT2D eigenvalue weighted by Crippen LogP contribution is -1.94. The first-order valence-corrected chi connectivity index (χ1v) is 3.67. The van der Waals surface area contributed by atoms with Crippen molar-refractivity contribution in [1.82, 2.24) is 0 Å². The number of benzene rings is 1. The van der Waals surface area contributed by atoms with Crippen LogP contribution in [0.3, 0.4) is 0 Å². The number of alkyl halides is 1. The molecule has 0 radical (unpaired) electrons. The molecule has 0 fully saturated rings. The number of nitrogens with zero attached hydrogens (tertiary/aromatic N) is 1. The molecule has 1 rings (SSSR count). The van der Waals surface area contributed by atoms with Crippen LogP contribution in [0.25, 0.3) is 0 Å². The Labute approximate surface area is 72.9 Å². The molecule has 1 aromatic rings. The molecule has 0 spiro atoms. The van der Waals surface area contributed by atoms with Crippen molar-refractivity contribution in [2.75, 3.05) is 0 Å². The molecule has 0 heterocycles. The zero-order valence-corrected chi connectivity index (χ0v) is 6.71. The van der Waals surface area contributed by atoms with Crippen LogP contribution in [0, 0.1) is 15.9 Å². The highest BCUT2D eigenvalue weighted by atomic mass is 35.5. The van der Waals surface area contributed by atoms with Gasteiger partial charge in [-0.25, -0.2) is 4.39 Å². The van der Waals surface area contributed by atoms with Crippen LogP contribution in [0.4, 0.5) is 10.1 Å². The number of nitro benzene ring substituents is 1. The van der Waals surface area contributed by atoms with Crippen LogP contribution < -0.4 is 0 Å². The quantitative estimate of drug-likeness (QED) is 0.408. The lowest BCUT2D eigenvalue weighted by Gasteiger charge is -1.97.